The van der Waals surface area contributed by atoms with Crippen LogP contribution in [-0.2, 0) is 4.79 Å². The van der Waals surface area contributed by atoms with E-state index in [1.165, 1.54) is 6.07 Å². The summed E-state index contributed by atoms with van der Waals surface area (Å²) in [6.45, 7) is 0.192. The molecule has 0 unspecified atom stereocenters. The first-order valence-electron chi connectivity index (χ1n) is 7.19. The van der Waals surface area contributed by atoms with E-state index < -0.39 is 16.7 Å². The first-order valence-corrected chi connectivity index (χ1v) is 7.19. The van der Waals surface area contributed by atoms with Crippen molar-refractivity contribution in [3.8, 4) is 0 Å². The molecule has 124 valence electrons. The van der Waals surface area contributed by atoms with E-state index in [2.05, 4.69) is 16.2 Å². The molecule has 2 amide bonds. The highest BCUT2D eigenvalue weighted by atomic mass is 16.6. The number of para-hydroxylation sites is 2. The fraction of sp³-hybridized carbons (Fsp3) is 0.125. The molecule has 0 aliphatic rings. The van der Waals surface area contributed by atoms with Gasteiger partial charge in [-0.1, -0.05) is 30.3 Å². The lowest BCUT2D eigenvalue weighted by molar-refractivity contribution is -0.384. The van der Waals surface area contributed by atoms with Gasteiger partial charge in [0.1, 0.15) is 5.69 Å². The zero-order valence-corrected chi connectivity index (χ0v) is 12.7. The molecular formula is C16H16N4O4. The van der Waals surface area contributed by atoms with E-state index in [1.807, 2.05) is 0 Å². The summed E-state index contributed by atoms with van der Waals surface area (Å²) in [7, 11) is 0. The molecule has 2 rings (SSSR count). The topological polar surface area (TPSA) is 113 Å². The molecule has 3 N–H and O–H groups in total. The molecule has 2 aromatic rings. The van der Waals surface area contributed by atoms with Gasteiger partial charge < -0.3 is 5.32 Å². The van der Waals surface area contributed by atoms with Crippen LogP contribution in [0.1, 0.15) is 16.8 Å². The van der Waals surface area contributed by atoms with Crippen molar-refractivity contribution in [2.45, 2.75) is 6.42 Å². The summed E-state index contributed by atoms with van der Waals surface area (Å²) in [5.74, 6) is -0.832. The van der Waals surface area contributed by atoms with E-state index in [-0.39, 0.29) is 18.7 Å². The van der Waals surface area contributed by atoms with Crippen LogP contribution in [-0.4, -0.2) is 23.3 Å². The van der Waals surface area contributed by atoms with Gasteiger partial charge in [0.15, 0.2) is 0 Å². The van der Waals surface area contributed by atoms with E-state index in [0.29, 0.717) is 11.3 Å². The number of nitro benzene ring substituents is 1. The monoisotopic (exact) mass is 328 g/mol. The number of hydrogen-bond donors (Lipinski definition) is 3. The van der Waals surface area contributed by atoms with Crippen molar-refractivity contribution in [1.82, 2.24) is 10.9 Å². The Balaban J connectivity index is 1.76. The van der Waals surface area contributed by atoms with Crippen molar-refractivity contribution in [2.24, 2.45) is 0 Å². The number of rotatable bonds is 6. The summed E-state index contributed by atoms with van der Waals surface area (Å²) >= 11 is 0. The highest BCUT2D eigenvalue weighted by Crippen LogP contribution is 2.22. The minimum atomic E-state index is -0.498. The second-order valence-corrected chi connectivity index (χ2v) is 4.82. The van der Waals surface area contributed by atoms with Crippen LogP contribution in [0.15, 0.2) is 54.6 Å². The van der Waals surface area contributed by atoms with Crippen LogP contribution in [0.2, 0.25) is 0 Å². The summed E-state index contributed by atoms with van der Waals surface area (Å²) < 4.78 is 0. The first kappa shape index (κ1) is 16.9. The van der Waals surface area contributed by atoms with E-state index in [9.17, 15) is 19.7 Å². The van der Waals surface area contributed by atoms with Gasteiger partial charge in [-0.15, -0.1) is 0 Å². The lowest BCUT2D eigenvalue weighted by Crippen LogP contribution is -2.42. The molecule has 8 heteroatoms. The average Bonchev–Trinajstić information content (AvgIpc) is 2.60. The standard InChI is InChI=1S/C16H16N4O4/c21-15(18-19-16(22)12-6-2-1-3-7-12)10-11-17-13-8-4-5-9-14(13)20(23)24/h1-9,17H,10-11H2,(H,18,21)(H,19,22). The molecule has 0 aliphatic heterocycles. The number of hydrazine groups is 1. The quantitative estimate of drug-likeness (QED) is 0.553. The van der Waals surface area contributed by atoms with E-state index in [1.54, 1.807) is 48.5 Å². The third-order valence-electron chi connectivity index (χ3n) is 3.12. The SMILES string of the molecule is O=C(CCNc1ccccc1[N+](=O)[O-])NNC(=O)c1ccccc1. The Morgan fingerprint density at radius 3 is 2.33 bits per heavy atom. The maximum atomic E-state index is 11.7. The molecule has 0 bridgehead atoms. The zero-order chi connectivity index (χ0) is 17.4. The second kappa shape index (κ2) is 8.28. The largest absolute Gasteiger partial charge is 0.379 e. The molecule has 0 fully saturated rings. The van der Waals surface area contributed by atoms with Crippen molar-refractivity contribution >= 4 is 23.2 Å². The predicted octanol–water partition coefficient (Wildman–Crippen LogP) is 1.86. The molecule has 0 heterocycles. The van der Waals surface area contributed by atoms with Gasteiger partial charge >= 0.3 is 0 Å². The molecule has 0 saturated carbocycles. The van der Waals surface area contributed by atoms with Gasteiger partial charge in [0.25, 0.3) is 11.6 Å². The zero-order valence-electron chi connectivity index (χ0n) is 12.7. The number of nitrogens with one attached hydrogen (secondary N) is 3. The van der Waals surface area contributed by atoms with E-state index in [0.717, 1.165) is 0 Å². The van der Waals surface area contributed by atoms with Gasteiger partial charge in [-0.3, -0.25) is 30.6 Å². The Morgan fingerprint density at radius 1 is 0.958 bits per heavy atom. The molecule has 0 aromatic heterocycles. The number of benzene rings is 2. The van der Waals surface area contributed by atoms with Crippen LogP contribution >= 0.6 is 0 Å². The van der Waals surface area contributed by atoms with Crippen LogP contribution in [0.25, 0.3) is 0 Å². The van der Waals surface area contributed by atoms with Crippen LogP contribution in [0, 0.1) is 10.1 Å². The van der Waals surface area contributed by atoms with E-state index >= 15 is 0 Å². The molecule has 0 atom stereocenters. The first-order chi connectivity index (χ1) is 11.6. The maximum Gasteiger partial charge on any atom is 0.292 e. The number of anilines is 1. The lowest BCUT2D eigenvalue weighted by Gasteiger charge is -2.09. The van der Waals surface area contributed by atoms with Crippen molar-refractivity contribution in [2.75, 3.05) is 11.9 Å². The Bertz CT molecular complexity index is 734. The van der Waals surface area contributed by atoms with Crippen molar-refractivity contribution in [3.63, 3.8) is 0 Å². The summed E-state index contributed by atoms with van der Waals surface area (Å²) in [5, 5.41) is 13.7. The molecule has 8 nitrogen and oxygen atoms in total. The third-order valence-corrected chi connectivity index (χ3v) is 3.12. The average molecular weight is 328 g/mol. The Labute approximate surface area is 138 Å². The lowest BCUT2D eigenvalue weighted by atomic mass is 10.2. The summed E-state index contributed by atoms with van der Waals surface area (Å²) in [6, 6.07) is 14.6. The summed E-state index contributed by atoms with van der Waals surface area (Å²) in [5.41, 5.74) is 5.30. The molecule has 0 aliphatic carbocycles. The van der Waals surface area contributed by atoms with Gasteiger partial charge in [0.05, 0.1) is 4.92 Å². The van der Waals surface area contributed by atoms with Crippen LogP contribution in [0.5, 0.6) is 0 Å². The third kappa shape index (κ3) is 4.80. The van der Waals surface area contributed by atoms with Gasteiger partial charge in [-0.05, 0) is 18.2 Å². The minimum absolute atomic E-state index is 0.0428. The van der Waals surface area contributed by atoms with Crippen LogP contribution in [0.3, 0.4) is 0 Å². The number of nitrogens with zero attached hydrogens (tertiary/aromatic N) is 1. The summed E-state index contributed by atoms with van der Waals surface area (Å²) in [6.07, 6.45) is 0.0428. The molecule has 0 radical (unpaired) electrons. The van der Waals surface area contributed by atoms with Gasteiger partial charge in [-0.2, -0.15) is 0 Å². The fourth-order valence-corrected chi connectivity index (χ4v) is 1.94. The van der Waals surface area contributed by atoms with Gasteiger partial charge in [0.2, 0.25) is 5.91 Å². The highest BCUT2D eigenvalue weighted by Gasteiger charge is 2.12. The Hall–Kier alpha value is -3.42. The van der Waals surface area contributed by atoms with E-state index in [4.69, 9.17) is 0 Å². The fourth-order valence-electron chi connectivity index (χ4n) is 1.94. The smallest absolute Gasteiger partial charge is 0.292 e. The maximum absolute atomic E-state index is 11.7. The number of carbonyl (C=O) groups is 2. The molecule has 0 spiro atoms. The summed E-state index contributed by atoms with van der Waals surface area (Å²) in [4.78, 5) is 33.8. The normalized spacial score (nSPS) is 9.83. The van der Waals surface area contributed by atoms with Crippen molar-refractivity contribution < 1.29 is 14.5 Å². The van der Waals surface area contributed by atoms with Crippen molar-refractivity contribution in [1.29, 1.82) is 0 Å². The Morgan fingerprint density at radius 2 is 1.62 bits per heavy atom. The van der Waals surface area contributed by atoms with Crippen LogP contribution in [0.4, 0.5) is 11.4 Å². The molecular weight excluding hydrogens is 312 g/mol. The minimum Gasteiger partial charge on any atom is -0.379 e. The van der Waals surface area contributed by atoms with Gasteiger partial charge in [-0.25, -0.2) is 0 Å². The highest BCUT2D eigenvalue weighted by molar-refractivity contribution is 5.95. The molecule has 2 aromatic carbocycles. The van der Waals surface area contributed by atoms with Crippen LogP contribution < -0.4 is 16.2 Å². The van der Waals surface area contributed by atoms with Crippen molar-refractivity contribution in [3.05, 3.63) is 70.3 Å². The number of amides is 2. The number of nitro groups is 1. The molecule has 24 heavy (non-hydrogen) atoms. The molecule has 0 saturated heterocycles. The number of hydrogen-bond acceptors (Lipinski definition) is 5. The predicted molar refractivity (Wildman–Crippen MR) is 88.3 cm³/mol. The second-order valence-electron chi connectivity index (χ2n) is 4.82. The Kier molecular flexibility index (Phi) is 5.84. The van der Waals surface area contributed by atoms with Gasteiger partial charge in [0, 0.05) is 24.6 Å². The number of carbonyl (C=O) groups excluding carboxylic acids is 2.